The van der Waals surface area contributed by atoms with Crippen molar-refractivity contribution in [3.05, 3.63) is 46.3 Å². The number of allylic oxidation sites excluding steroid dienone is 1. The lowest BCUT2D eigenvalue weighted by Crippen LogP contribution is -2.23. The van der Waals surface area contributed by atoms with Crippen LogP contribution in [0.25, 0.3) is 0 Å². The zero-order valence-corrected chi connectivity index (χ0v) is 12.6. The topological polar surface area (TPSA) is 43.4 Å². The molecule has 24 heavy (non-hydrogen) atoms. The van der Waals surface area contributed by atoms with Crippen LogP contribution in [0.2, 0.25) is 0 Å². The Hall–Kier alpha value is -2.32. The van der Waals surface area contributed by atoms with Gasteiger partial charge in [0.25, 0.3) is 0 Å². The second-order valence-electron chi connectivity index (χ2n) is 4.48. The summed E-state index contributed by atoms with van der Waals surface area (Å²) in [6, 6.07) is -0.333. The van der Waals surface area contributed by atoms with Crippen LogP contribution in [0.5, 0.6) is 0 Å². The Morgan fingerprint density at radius 3 is 2.17 bits per heavy atom. The maximum absolute atomic E-state index is 13.8. The number of hydrogen-bond donors (Lipinski definition) is 0. The maximum atomic E-state index is 13.8. The van der Waals surface area contributed by atoms with Gasteiger partial charge in [-0.1, -0.05) is 13.0 Å². The Morgan fingerprint density at radius 2 is 1.71 bits per heavy atom. The molecule has 0 saturated heterocycles. The van der Waals surface area contributed by atoms with Crippen molar-refractivity contribution in [2.75, 3.05) is 6.61 Å². The van der Waals surface area contributed by atoms with Crippen molar-refractivity contribution in [1.29, 1.82) is 0 Å². The van der Waals surface area contributed by atoms with Gasteiger partial charge in [0.1, 0.15) is 5.57 Å². The van der Waals surface area contributed by atoms with Gasteiger partial charge in [-0.2, -0.15) is 13.2 Å². The number of alkyl halides is 3. The molecule has 0 fully saturated rings. The molecule has 1 rings (SSSR count). The molecule has 0 radical (unpaired) electrons. The predicted molar refractivity (Wildman–Crippen MR) is 70.7 cm³/mol. The van der Waals surface area contributed by atoms with E-state index in [0.717, 1.165) is 6.08 Å². The fourth-order valence-electron chi connectivity index (χ4n) is 1.86. The summed E-state index contributed by atoms with van der Waals surface area (Å²) in [6.45, 7) is 2.64. The Morgan fingerprint density at radius 1 is 1.12 bits per heavy atom. The van der Waals surface area contributed by atoms with Gasteiger partial charge in [0, 0.05) is 0 Å². The van der Waals surface area contributed by atoms with Gasteiger partial charge in [0.2, 0.25) is 5.78 Å². The summed E-state index contributed by atoms with van der Waals surface area (Å²) < 4.78 is 83.6. The van der Waals surface area contributed by atoms with Crippen molar-refractivity contribution in [1.82, 2.24) is 0 Å². The van der Waals surface area contributed by atoms with Gasteiger partial charge in [-0.25, -0.2) is 18.0 Å². The van der Waals surface area contributed by atoms with Crippen molar-refractivity contribution in [3.63, 3.8) is 0 Å². The molecular weight excluding hydrogens is 342 g/mol. The average Bonchev–Trinajstić information content (AvgIpc) is 2.48. The first-order valence-electron chi connectivity index (χ1n) is 6.72. The van der Waals surface area contributed by atoms with Crippen LogP contribution in [0.15, 0.2) is 17.7 Å². The summed E-state index contributed by atoms with van der Waals surface area (Å²) in [7, 11) is 0. The highest BCUT2D eigenvalue weighted by Crippen LogP contribution is 2.36. The van der Waals surface area contributed by atoms with E-state index in [2.05, 4.69) is 4.74 Å². The first-order valence-corrected chi connectivity index (χ1v) is 6.72. The minimum atomic E-state index is -5.34. The Kier molecular flexibility index (Phi) is 6.16. The number of esters is 1. The minimum absolute atomic E-state index is 0.0343. The van der Waals surface area contributed by atoms with Gasteiger partial charge >= 0.3 is 12.1 Å². The van der Waals surface area contributed by atoms with E-state index in [0.29, 0.717) is 0 Å². The molecule has 3 nitrogen and oxygen atoms in total. The summed E-state index contributed by atoms with van der Waals surface area (Å²) in [5.41, 5.74) is -4.68. The van der Waals surface area contributed by atoms with Crippen LogP contribution >= 0.6 is 0 Å². The van der Waals surface area contributed by atoms with Gasteiger partial charge in [-0.3, -0.25) is 4.79 Å². The van der Waals surface area contributed by atoms with Gasteiger partial charge in [-0.05, 0) is 19.4 Å². The van der Waals surface area contributed by atoms with Crippen LogP contribution in [0, 0.1) is 17.5 Å². The molecule has 0 aliphatic rings. The van der Waals surface area contributed by atoms with Crippen LogP contribution in [-0.2, 0) is 15.7 Å². The molecule has 0 heterocycles. The number of rotatable bonds is 5. The number of ketones is 1. The van der Waals surface area contributed by atoms with Crippen molar-refractivity contribution in [2.24, 2.45) is 0 Å². The van der Waals surface area contributed by atoms with E-state index in [1.165, 1.54) is 13.8 Å². The zero-order chi connectivity index (χ0) is 18.7. The first-order chi connectivity index (χ1) is 11.1. The zero-order valence-electron chi connectivity index (χ0n) is 12.6. The van der Waals surface area contributed by atoms with E-state index in [9.17, 15) is 35.9 Å². The normalized spacial score (nSPS) is 12.2. The first kappa shape index (κ1) is 19.7. The van der Waals surface area contributed by atoms with E-state index < -0.39 is 52.1 Å². The highest BCUT2D eigenvalue weighted by atomic mass is 19.4. The van der Waals surface area contributed by atoms with E-state index >= 15 is 0 Å². The second kappa shape index (κ2) is 7.50. The molecule has 132 valence electrons. The predicted octanol–water partition coefficient (Wildman–Crippen LogP) is 4.20. The Labute approximate surface area is 132 Å². The molecule has 0 aliphatic heterocycles. The number of ether oxygens (including phenoxy) is 1. The van der Waals surface area contributed by atoms with Gasteiger partial charge in [-0.15, -0.1) is 0 Å². The number of carbonyl (C=O) groups is 2. The van der Waals surface area contributed by atoms with Crippen LogP contribution in [0.1, 0.15) is 36.2 Å². The smallest absolute Gasteiger partial charge is 0.417 e. The third kappa shape index (κ3) is 3.95. The Bertz CT molecular complexity index is 691. The summed E-state index contributed by atoms with van der Waals surface area (Å²) >= 11 is 0. The molecule has 0 spiro atoms. The molecule has 0 amide bonds. The van der Waals surface area contributed by atoms with Crippen LogP contribution in [0.3, 0.4) is 0 Å². The molecule has 1 aromatic rings. The minimum Gasteiger partial charge on any atom is -0.462 e. The highest BCUT2D eigenvalue weighted by Gasteiger charge is 2.40. The fraction of sp³-hybridized carbons (Fsp3) is 0.333. The molecule has 9 heteroatoms. The lowest BCUT2D eigenvalue weighted by Gasteiger charge is -2.15. The monoisotopic (exact) mass is 354 g/mol. The molecule has 1 aromatic carbocycles. The van der Waals surface area contributed by atoms with Crippen LogP contribution in [0.4, 0.5) is 26.3 Å². The molecule has 0 atom stereocenters. The van der Waals surface area contributed by atoms with Crippen molar-refractivity contribution in [3.8, 4) is 0 Å². The molecule has 0 bridgehead atoms. The maximum Gasteiger partial charge on any atom is 0.417 e. The van der Waals surface area contributed by atoms with Crippen molar-refractivity contribution >= 4 is 11.8 Å². The number of Topliss-reactive ketones (excluding diaryl/α,β-unsaturated/α-hetero) is 1. The third-order valence-electron chi connectivity index (χ3n) is 2.84. The molecular formula is C15H12F6O3. The quantitative estimate of drug-likeness (QED) is 0.151. The summed E-state index contributed by atoms with van der Waals surface area (Å²) in [4.78, 5) is 23.9. The van der Waals surface area contributed by atoms with Crippen LogP contribution in [-0.4, -0.2) is 18.4 Å². The van der Waals surface area contributed by atoms with Gasteiger partial charge in [0.05, 0.1) is 17.7 Å². The second-order valence-corrected chi connectivity index (χ2v) is 4.48. The fourth-order valence-corrected chi connectivity index (χ4v) is 1.86. The van der Waals surface area contributed by atoms with Crippen LogP contribution < -0.4 is 0 Å². The van der Waals surface area contributed by atoms with E-state index in [1.807, 2.05) is 0 Å². The summed E-state index contributed by atoms with van der Waals surface area (Å²) in [5.74, 6) is -9.70. The van der Waals surface area contributed by atoms with Crippen molar-refractivity contribution < 1.29 is 40.7 Å². The number of benzene rings is 1. The molecule has 0 saturated carbocycles. The SMILES string of the molecule is CCC=C(C(=O)OCC)C(=O)c1c(C(F)(F)F)cc(F)c(F)c1F. The van der Waals surface area contributed by atoms with Gasteiger partial charge in [0.15, 0.2) is 17.5 Å². The van der Waals surface area contributed by atoms with E-state index in [1.54, 1.807) is 0 Å². The molecule has 0 aliphatic carbocycles. The van der Waals surface area contributed by atoms with Crippen molar-refractivity contribution in [2.45, 2.75) is 26.4 Å². The largest absolute Gasteiger partial charge is 0.462 e. The van der Waals surface area contributed by atoms with Gasteiger partial charge < -0.3 is 4.74 Å². The summed E-state index contributed by atoms with van der Waals surface area (Å²) in [6.07, 6.45) is -4.39. The lowest BCUT2D eigenvalue weighted by molar-refractivity contribution is -0.139. The number of carbonyl (C=O) groups excluding carboxylic acids is 2. The summed E-state index contributed by atoms with van der Waals surface area (Å²) in [5, 5.41) is 0. The average molecular weight is 354 g/mol. The number of hydrogen-bond acceptors (Lipinski definition) is 3. The number of halogens is 6. The van der Waals surface area contributed by atoms with E-state index in [-0.39, 0.29) is 19.1 Å². The third-order valence-corrected chi connectivity index (χ3v) is 2.84. The Balaban J connectivity index is 3.64. The molecule has 0 N–H and O–H groups in total. The van der Waals surface area contributed by atoms with E-state index in [4.69, 9.17) is 0 Å². The lowest BCUT2D eigenvalue weighted by atomic mass is 9.96. The molecule has 0 aromatic heterocycles. The molecule has 0 unspecified atom stereocenters. The standard InChI is InChI=1S/C15H12F6O3/c1-3-5-7(14(23)24-4-2)13(22)10-8(15(19,20)21)6-9(16)11(17)12(10)18/h5-6H,3-4H2,1-2H3. The highest BCUT2D eigenvalue weighted by molar-refractivity contribution is 6.24.